The quantitative estimate of drug-likeness (QED) is 0.211. The van der Waals surface area contributed by atoms with E-state index < -0.39 is 18.0 Å². The molecule has 1 aromatic heterocycles. The van der Waals surface area contributed by atoms with E-state index in [1.54, 1.807) is 24.1 Å². The molecule has 12 heteroatoms. The average molecular weight is 663 g/mol. The van der Waals surface area contributed by atoms with Crippen molar-refractivity contribution >= 4 is 40.2 Å². The van der Waals surface area contributed by atoms with Crippen LogP contribution in [0.25, 0.3) is 10.8 Å². The first-order chi connectivity index (χ1) is 23.9. The van der Waals surface area contributed by atoms with E-state index in [2.05, 4.69) is 33.6 Å². The number of carbonyl (C=O) groups is 2. The maximum atomic E-state index is 13.9. The lowest BCUT2D eigenvalue weighted by molar-refractivity contribution is 0.0768. The number of amides is 2. The monoisotopic (exact) mass is 662 g/mol. The number of ether oxygens (including phenoxy) is 2. The third-order valence-corrected chi connectivity index (χ3v) is 9.27. The summed E-state index contributed by atoms with van der Waals surface area (Å²) in [4.78, 5) is 42.4. The second kappa shape index (κ2) is 15.7. The fraction of sp³-hybridized carbons (Fsp3) is 0.378. The molecule has 0 aliphatic carbocycles. The van der Waals surface area contributed by atoms with Crippen LogP contribution in [0.5, 0.6) is 5.75 Å². The minimum absolute atomic E-state index is 0.123. The Labute approximate surface area is 286 Å². The topological polar surface area (TPSA) is 136 Å². The van der Waals surface area contributed by atoms with Gasteiger partial charge >= 0.3 is 6.09 Å². The van der Waals surface area contributed by atoms with Crippen LogP contribution in [0.3, 0.4) is 0 Å². The summed E-state index contributed by atoms with van der Waals surface area (Å²) in [6.07, 6.45) is 2.93. The highest BCUT2D eigenvalue weighted by Gasteiger charge is 2.33. The normalized spacial score (nSPS) is 17.8. The minimum atomic E-state index is -0.462. The van der Waals surface area contributed by atoms with E-state index in [9.17, 15) is 14.9 Å². The number of aromatic nitrogens is 2. The van der Waals surface area contributed by atoms with Crippen LogP contribution < -0.4 is 20.3 Å². The highest BCUT2D eigenvalue weighted by atomic mass is 16.6. The van der Waals surface area contributed by atoms with Crippen molar-refractivity contribution < 1.29 is 19.1 Å². The van der Waals surface area contributed by atoms with Gasteiger partial charge in [0.15, 0.2) is 0 Å². The van der Waals surface area contributed by atoms with Gasteiger partial charge in [-0.05, 0) is 49.9 Å². The summed E-state index contributed by atoms with van der Waals surface area (Å²) in [5.41, 5.74) is 1.69. The number of benzene rings is 3. The van der Waals surface area contributed by atoms with E-state index in [0.29, 0.717) is 55.4 Å². The zero-order chi connectivity index (χ0) is 34.2. The molecule has 0 bridgehead atoms. The summed E-state index contributed by atoms with van der Waals surface area (Å²) in [6.45, 7) is 3.01. The van der Waals surface area contributed by atoms with Crippen LogP contribution in [-0.4, -0.2) is 90.7 Å². The second-order valence-corrected chi connectivity index (χ2v) is 12.5. The first-order valence-electron chi connectivity index (χ1n) is 16.7. The maximum absolute atomic E-state index is 13.9. The highest BCUT2D eigenvalue weighted by molar-refractivity contribution is 6.09. The zero-order valence-electron chi connectivity index (χ0n) is 28.0. The van der Waals surface area contributed by atoms with Gasteiger partial charge in [0.25, 0.3) is 5.91 Å². The number of nitrogens with one attached hydrogen (secondary N) is 2. The van der Waals surface area contributed by atoms with Crippen molar-refractivity contribution in [2.24, 2.45) is 0 Å². The van der Waals surface area contributed by atoms with Crippen LogP contribution in [0.1, 0.15) is 41.7 Å². The van der Waals surface area contributed by atoms with E-state index in [-0.39, 0.29) is 18.7 Å². The number of nitriles is 1. The van der Waals surface area contributed by atoms with E-state index >= 15 is 0 Å². The molecule has 0 spiro atoms. The van der Waals surface area contributed by atoms with Gasteiger partial charge in [0, 0.05) is 49.7 Å². The molecule has 2 N–H and O–H groups in total. The Hall–Kier alpha value is -5.41. The number of fused-ring (bicyclic) bond motifs is 1. The Bertz CT molecular complexity index is 1810. The average Bonchev–Trinajstić information content (AvgIpc) is 3.54. The van der Waals surface area contributed by atoms with Crippen LogP contribution in [0.2, 0.25) is 0 Å². The Morgan fingerprint density at radius 2 is 1.82 bits per heavy atom. The summed E-state index contributed by atoms with van der Waals surface area (Å²) in [5.74, 6) is 1.12. The number of hydrogen-bond acceptors (Lipinski definition) is 10. The molecule has 2 aliphatic heterocycles. The van der Waals surface area contributed by atoms with Gasteiger partial charge in [-0.3, -0.25) is 4.79 Å². The Balaban J connectivity index is 1.23. The fourth-order valence-electron chi connectivity index (χ4n) is 6.56. The molecule has 49 heavy (non-hydrogen) atoms. The number of rotatable bonds is 11. The van der Waals surface area contributed by atoms with Crippen molar-refractivity contribution in [3.8, 4) is 11.8 Å². The van der Waals surface area contributed by atoms with Gasteiger partial charge in [0.2, 0.25) is 5.95 Å². The SMILES string of the molecule is COc1cc(NC(=O)c2cc(N3CCN(C(=O)OCc4ccccc4)[C@@H](CC#N)C3)nc(NCCC3CCCN3C)n2)c2ccccc2c1. The number of methoxy groups -OCH3 is 1. The second-order valence-electron chi connectivity index (χ2n) is 12.5. The summed E-state index contributed by atoms with van der Waals surface area (Å²) < 4.78 is 11.1. The van der Waals surface area contributed by atoms with Gasteiger partial charge in [0.1, 0.15) is 23.9 Å². The van der Waals surface area contributed by atoms with Crippen LogP contribution in [-0.2, 0) is 11.3 Å². The van der Waals surface area contributed by atoms with Crippen molar-refractivity contribution in [3.63, 3.8) is 0 Å². The van der Waals surface area contributed by atoms with Gasteiger partial charge in [-0.1, -0.05) is 54.6 Å². The third kappa shape index (κ3) is 8.18. The first-order valence-corrected chi connectivity index (χ1v) is 16.7. The van der Waals surface area contributed by atoms with Gasteiger partial charge in [-0.25, -0.2) is 9.78 Å². The van der Waals surface area contributed by atoms with Crippen LogP contribution >= 0.6 is 0 Å². The number of nitrogens with zero attached hydrogens (tertiary/aromatic N) is 6. The number of anilines is 3. The summed E-state index contributed by atoms with van der Waals surface area (Å²) in [5, 5.41) is 17.9. The van der Waals surface area contributed by atoms with E-state index in [4.69, 9.17) is 14.5 Å². The van der Waals surface area contributed by atoms with Crippen LogP contribution in [0, 0.1) is 11.3 Å². The van der Waals surface area contributed by atoms with Crippen molar-refractivity contribution in [1.29, 1.82) is 5.26 Å². The molecular formula is C37H42N8O4. The van der Waals surface area contributed by atoms with Gasteiger partial charge < -0.3 is 34.8 Å². The maximum Gasteiger partial charge on any atom is 0.410 e. The molecule has 0 radical (unpaired) electrons. The standard InChI is InChI=1S/C37H42N8O4/c1-43-18-8-12-28(43)15-17-39-36-41-33(35(46)40-32-22-30(48-2)21-27-11-6-7-13-31(27)32)23-34(42-36)44-19-20-45(29(24-44)14-16-38)37(47)49-25-26-9-4-3-5-10-26/h3-7,9-11,13,21-23,28-29H,8,12,14-15,17-20,24-25H2,1-2H3,(H,40,46)(H,39,41,42)/t28?,29-/m0/s1. The Morgan fingerprint density at radius 3 is 2.59 bits per heavy atom. The van der Waals surface area contributed by atoms with E-state index in [1.165, 1.54) is 6.42 Å². The van der Waals surface area contributed by atoms with Crippen molar-refractivity contribution in [3.05, 3.63) is 84.1 Å². The lowest BCUT2D eigenvalue weighted by atomic mass is 10.1. The number of hydrogen-bond donors (Lipinski definition) is 2. The number of carbonyl (C=O) groups excluding carboxylic acids is 2. The first kappa shape index (κ1) is 33.5. The summed E-state index contributed by atoms with van der Waals surface area (Å²) >= 11 is 0. The number of piperazine rings is 1. The fourth-order valence-corrected chi connectivity index (χ4v) is 6.56. The van der Waals surface area contributed by atoms with Gasteiger partial charge in [-0.2, -0.15) is 10.2 Å². The molecule has 6 rings (SSSR count). The van der Waals surface area contributed by atoms with E-state index in [0.717, 1.165) is 35.7 Å². The van der Waals surface area contributed by atoms with Crippen molar-refractivity contribution in [2.45, 2.75) is 44.4 Å². The molecule has 254 valence electrons. The predicted octanol–water partition coefficient (Wildman–Crippen LogP) is 5.53. The molecule has 0 saturated carbocycles. The van der Waals surface area contributed by atoms with Crippen molar-refractivity contribution in [2.75, 3.05) is 62.4 Å². The lowest BCUT2D eigenvalue weighted by Crippen LogP contribution is -2.55. The molecular weight excluding hydrogens is 620 g/mol. The molecule has 1 unspecified atom stereocenters. The van der Waals surface area contributed by atoms with Crippen molar-refractivity contribution in [1.82, 2.24) is 19.8 Å². The molecule has 12 nitrogen and oxygen atoms in total. The zero-order valence-corrected chi connectivity index (χ0v) is 28.0. The minimum Gasteiger partial charge on any atom is -0.497 e. The Kier molecular flexibility index (Phi) is 10.7. The molecule has 3 aromatic carbocycles. The Morgan fingerprint density at radius 1 is 1.00 bits per heavy atom. The van der Waals surface area contributed by atoms with Gasteiger partial charge in [-0.15, -0.1) is 0 Å². The smallest absolute Gasteiger partial charge is 0.410 e. The molecule has 2 aliphatic rings. The van der Waals surface area contributed by atoms with Crippen LogP contribution in [0.4, 0.5) is 22.2 Å². The molecule has 4 aromatic rings. The lowest BCUT2D eigenvalue weighted by Gasteiger charge is -2.40. The molecule has 2 amide bonds. The van der Waals surface area contributed by atoms with E-state index in [1.807, 2.05) is 65.6 Å². The third-order valence-electron chi connectivity index (χ3n) is 9.27. The summed E-state index contributed by atoms with van der Waals surface area (Å²) in [7, 11) is 3.74. The molecule has 2 atom stereocenters. The summed E-state index contributed by atoms with van der Waals surface area (Å²) in [6, 6.07) is 24.9. The molecule has 3 heterocycles. The highest BCUT2D eigenvalue weighted by Crippen LogP contribution is 2.30. The van der Waals surface area contributed by atoms with Gasteiger partial charge in [0.05, 0.1) is 31.3 Å². The predicted molar refractivity (Wildman–Crippen MR) is 189 cm³/mol. The van der Waals surface area contributed by atoms with Crippen LogP contribution in [0.15, 0.2) is 72.8 Å². The molecule has 2 fully saturated rings. The molecule has 2 saturated heterocycles. The largest absolute Gasteiger partial charge is 0.497 e. The number of likely N-dealkylation sites (tertiary alicyclic amines) is 1.